The van der Waals surface area contributed by atoms with Gasteiger partial charge in [0.05, 0.1) is 18.4 Å². The van der Waals surface area contributed by atoms with Crippen LogP contribution in [0.2, 0.25) is 0 Å². The fraction of sp³-hybridized carbons (Fsp3) is 0.333. The molecule has 0 amide bonds. The number of nitrogens with zero attached hydrogens (tertiary/aromatic N) is 2. The summed E-state index contributed by atoms with van der Waals surface area (Å²) < 4.78 is 12.2. The molecular weight excluding hydrogens is 282 g/mol. The second-order valence-corrected chi connectivity index (χ2v) is 5.44. The van der Waals surface area contributed by atoms with Crippen LogP contribution in [0.15, 0.2) is 33.8 Å². The van der Waals surface area contributed by atoms with E-state index in [1.807, 2.05) is 0 Å². The van der Waals surface area contributed by atoms with Crippen LogP contribution in [0.3, 0.4) is 0 Å². The number of hydrogen-bond donors (Lipinski definition) is 2. The Morgan fingerprint density at radius 3 is 3.10 bits per heavy atom. The van der Waals surface area contributed by atoms with Gasteiger partial charge >= 0.3 is 5.69 Å². The van der Waals surface area contributed by atoms with Crippen molar-refractivity contribution in [3.8, 4) is 11.3 Å². The molecule has 3 rings (SSSR count). The number of furan rings is 1. The number of anilines is 1. The summed E-state index contributed by atoms with van der Waals surface area (Å²) in [6.45, 7) is -0.0939. The van der Waals surface area contributed by atoms with Crippen molar-refractivity contribution in [3.05, 3.63) is 35.1 Å². The van der Waals surface area contributed by atoms with Crippen molar-refractivity contribution in [2.24, 2.45) is 0 Å². The van der Waals surface area contributed by atoms with Crippen LogP contribution in [0.1, 0.15) is 6.23 Å². The molecule has 2 aromatic rings. The zero-order valence-electron chi connectivity index (χ0n) is 10.4. The molecule has 1 aliphatic heterocycles. The van der Waals surface area contributed by atoms with Crippen molar-refractivity contribution in [3.63, 3.8) is 0 Å². The molecule has 0 spiro atoms. The van der Waals surface area contributed by atoms with Crippen molar-refractivity contribution in [2.45, 2.75) is 11.7 Å². The number of ether oxygens (including phenoxy) is 1. The number of aromatic nitrogens is 2. The summed E-state index contributed by atoms with van der Waals surface area (Å²) in [6, 6.07) is 3.47. The summed E-state index contributed by atoms with van der Waals surface area (Å²) in [4.78, 5) is 15.7. The fourth-order valence-electron chi connectivity index (χ4n) is 1.99. The Balaban J connectivity index is 2.00. The Bertz CT molecular complexity index is 655. The SMILES string of the molecule is Nc1nc(=O)n(C2CSC(CO)O2)cc1-c1ccco1. The average molecular weight is 295 g/mol. The third-order valence-corrected chi connectivity index (χ3v) is 4.07. The van der Waals surface area contributed by atoms with Gasteiger partial charge in [-0.1, -0.05) is 0 Å². The minimum Gasteiger partial charge on any atom is -0.464 e. The Morgan fingerprint density at radius 2 is 2.45 bits per heavy atom. The predicted molar refractivity (Wildman–Crippen MR) is 74.1 cm³/mol. The summed E-state index contributed by atoms with van der Waals surface area (Å²) in [7, 11) is 0. The third kappa shape index (κ3) is 2.33. The number of nitrogens with two attached hydrogens (primary N) is 1. The molecular formula is C12H13N3O4S. The molecule has 2 aromatic heterocycles. The molecule has 0 radical (unpaired) electrons. The number of aliphatic hydroxyl groups excluding tert-OH is 1. The lowest BCUT2D eigenvalue weighted by molar-refractivity contribution is -0.00622. The molecule has 106 valence electrons. The maximum Gasteiger partial charge on any atom is 0.351 e. The van der Waals surface area contributed by atoms with Crippen LogP contribution in [0.5, 0.6) is 0 Å². The Kier molecular flexibility index (Phi) is 3.51. The normalized spacial score (nSPS) is 22.2. The maximum absolute atomic E-state index is 11.9. The maximum atomic E-state index is 11.9. The van der Waals surface area contributed by atoms with Gasteiger partial charge < -0.3 is 20.0 Å². The highest BCUT2D eigenvalue weighted by Crippen LogP contribution is 2.32. The number of rotatable bonds is 3. The molecule has 0 saturated carbocycles. The second-order valence-electron chi connectivity index (χ2n) is 4.24. The molecule has 3 N–H and O–H groups in total. The van der Waals surface area contributed by atoms with E-state index in [4.69, 9.17) is 20.0 Å². The lowest BCUT2D eigenvalue weighted by Gasteiger charge is -2.15. The molecule has 2 unspecified atom stereocenters. The highest BCUT2D eigenvalue weighted by molar-refractivity contribution is 8.00. The molecule has 1 aliphatic rings. The lowest BCUT2D eigenvalue weighted by atomic mass is 10.2. The molecule has 1 fully saturated rings. The molecule has 0 aromatic carbocycles. The van der Waals surface area contributed by atoms with Crippen LogP contribution in [0.25, 0.3) is 11.3 Å². The van der Waals surface area contributed by atoms with Gasteiger partial charge in [-0.05, 0) is 12.1 Å². The van der Waals surface area contributed by atoms with Gasteiger partial charge in [0.15, 0.2) is 0 Å². The highest BCUT2D eigenvalue weighted by atomic mass is 32.2. The van der Waals surface area contributed by atoms with E-state index in [1.165, 1.54) is 22.6 Å². The molecule has 20 heavy (non-hydrogen) atoms. The summed E-state index contributed by atoms with van der Waals surface area (Å²) in [5, 5.41) is 9.07. The van der Waals surface area contributed by atoms with Gasteiger partial charge in [-0.2, -0.15) is 4.98 Å². The van der Waals surface area contributed by atoms with Gasteiger partial charge in [0.1, 0.15) is 23.2 Å². The van der Waals surface area contributed by atoms with Gasteiger partial charge in [-0.3, -0.25) is 4.57 Å². The van der Waals surface area contributed by atoms with Crippen LogP contribution in [-0.2, 0) is 4.74 Å². The Labute approximate surface area is 118 Å². The standard InChI is InChI=1S/C12H13N3O4S/c13-11-7(8-2-1-3-18-8)4-15(12(17)14-11)9-6-20-10(5-16)19-9/h1-4,9-10,16H,5-6H2,(H2,13,14,17). The van der Waals surface area contributed by atoms with Crippen LogP contribution >= 0.6 is 11.8 Å². The molecule has 3 heterocycles. The number of thioether (sulfide) groups is 1. The van der Waals surface area contributed by atoms with E-state index in [-0.39, 0.29) is 17.9 Å². The van der Waals surface area contributed by atoms with Gasteiger partial charge in [0, 0.05) is 11.9 Å². The van der Waals surface area contributed by atoms with Gasteiger partial charge in [-0.25, -0.2) is 4.79 Å². The highest BCUT2D eigenvalue weighted by Gasteiger charge is 2.28. The van der Waals surface area contributed by atoms with Crippen molar-refractivity contribution >= 4 is 17.6 Å². The van der Waals surface area contributed by atoms with Crippen LogP contribution in [-0.4, -0.2) is 32.5 Å². The van der Waals surface area contributed by atoms with Gasteiger partial charge in [-0.15, -0.1) is 11.8 Å². The molecule has 2 atom stereocenters. The van der Waals surface area contributed by atoms with E-state index >= 15 is 0 Å². The van der Waals surface area contributed by atoms with E-state index in [0.29, 0.717) is 17.1 Å². The first-order chi connectivity index (χ1) is 9.69. The largest absolute Gasteiger partial charge is 0.464 e. The fourth-order valence-corrected chi connectivity index (χ4v) is 2.93. The monoisotopic (exact) mass is 295 g/mol. The van der Waals surface area contributed by atoms with Crippen molar-refractivity contribution in [1.29, 1.82) is 0 Å². The minimum absolute atomic E-state index is 0.0939. The second kappa shape index (κ2) is 5.31. The van der Waals surface area contributed by atoms with E-state index < -0.39 is 11.9 Å². The topological polar surface area (TPSA) is 104 Å². The molecule has 1 saturated heterocycles. The first-order valence-corrected chi connectivity index (χ1v) is 7.04. The number of hydrogen-bond acceptors (Lipinski definition) is 7. The predicted octanol–water partition coefficient (Wildman–Crippen LogP) is 0.666. The van der Waals surface area contributed by atoms with Gasteiger partial charge in [0.25, 0.3) is 0 Å². The Hall–Kier alpha value is -1.77. The average Bonchev–Trinajstić information content (AvgIpc) is 3.09. The van der Waals surface area contributed by atoms with Crippen molar-refractivity contribution in [1.82, 2.24) is 9.55 Å². The summed E-state index contributed by atoms with van der Waals surface area (Å²) >= 11 is 1.45. The smallest absolute Gasteiger partial charge is 0.351 e. The van der Waals surface area contributed by atoms with E-state index in [1.54, 1.807) is 18.3 Å². The first-order valence-electron chi connectivity index (χ1n) is 5.99. The first kappa shape index (κ1) is 13.2. The van der Waals surface area contributed by atoms with E-state index in [9.17, 15) is 4.79 Å². The molecule has 7 nitrogen and oxygen atoms in total. The van der Waals surface area contributed by atoms with Crippen LogP contribution in [0.4, 0.5) is 5.82 Å². The summed E-state index contributed by atoms with van der Waals surface area (Å²) in [5.74, 6) is 1.22. The summed E-state index contributed by atoms with van der Waals surface area (Å²) in [5.41, 5.74) is 5.49. The van der Waals surface area contributed by atoms with Crippen molar-refractivity contribution in [2.75, 3.05) is 18.1 Å². The van der Waals surface area contributed by atoms with E-state index in [2.05, 4.69) is 4.98 Å². The molecule has 8 heteroatoms. The van der Waals surface area contributed by atoms with E-state index in [0.717, 1.165) is 0 Å². The molecule has 0 aliphatic carbocycles. The Morgan fingerprint density at radius 1 is 1.60 bits per heavy atom. The third-order valence-electron chi connectivity index (χ3n) is 2.96. The van der Waals surface area contributed by atoms with Gasteiger partial charge in [0.2, 0.25) is 0 Å². The van der Waals surface area contributed by atoms with Crippen LogP contribution in [0, 0.1) is 0 Å². The lowest BCUT2D eigenvalue weighted by Crippen LogP contribution is -2.29. The van der Waals surface area contributed by atoms with Crippen LogP contribution < -0.4 is 11.4 Å². The number of aliphatic hydroxyl groups is 1. The number of nitrogen functional groups attached to an aromatic ring is 1. The molecule has 0 bridgehead atoms. The zero-order valence-corrected chi connectivity index (χ0v) is 11.2. The summed E-state index contributed by atoms with van der Waals surface area (Å²) in [6.07, 6.45) is 2.63. The minimum atomic E-state index is -0.484. The zero-order chi connectivity index (χ0) is 14.1. The quantitative estimate of drug-likeness (QED) is 0.857. The van der Waals surface area contributed by atoms with Crippen molar-refractivity contribution < 1.29 is 14.3 Å².